The van der Waals surface area contributed by atoms with Gasteiger partial charge >= 0.3 is 0 Å². The molecule has 0 bridgehead atoms. The van der Waals surface area contributed by atoms with Crippen LogP contribution in [0.1, 0.15) is 34.8 Å². The van der Waals surface area contributed by atoms with E-state index in [-0.39, 0.29) is 17.5 Å². The topological polar surface area (TPSA) is 115 Å². The zero-order valence-electron chi connectivity index (χ0n) is 19.7. The van der Waals surface area contributed by atoms with Crippen LogP contribution in [0.4, 0.5) is 0 Å². The van der Waals surface area contributed by atoms with Crippen molar-refractivity contribution < 1.29 is 19.1 Å². The van der Waals surface area contributed by atoms with Crippen molar-refractivity contribution in [2.45, 2.75) is 18.8 Å². The molecule has 4 aromatic rings. The van der Waals surface area contributed by atoms with Crippen molar-refractivity contribution in [2.24, 2.45) is 5.73 Å². The number of nitrogens with zero attached hydrogens (tertiary/aromatic N) is 3. The van der Waals surface area contributed by atoms with Crippen molar-refractivity contribution >= 4 is 17.5 Å². The number of terminal acetylenes is 1. The molecule has 9 nitrogen and oxygen atoms in total. The van der Waals surface area contributed by atoms with Gasteiger partial charge in [-0.1, -0.05) is 12.1 Å². The number of para-hydroxylation sites is 2. The predicted octanol–water partition coefficient (Wildman–Crippen LogP) is 3.57. The summed E-state index contributed by atoms with van der Waals surface area (Å²) in [5.74, 6) is 3.33. The number of H-pyrrole nitrogens is 1. The van der Waals surface area contributed by atoms with E-state index in [4.69, 9.17) is 21.6 Å². The van der Waals surface area contributed by atoms with Crippen molar-refractivity contribution in [3.05, 3.63) is 66.0 Å². The number of nitrogens with one attached hydrogen (secondary N) is 1. The summed E-state index contributed by atoms with van der Waals surface area (Å²) in [5, 5.41) is 4.46. The Morgan fingerprint density at radius 1 is 1.11 bits per heavy atom. The van der Waals surface area contributed by atoms with E-state index in [1.807, 2.05) is 48.5 Å². The van der Waals surface area contributed by atoms with Crippen LogP contribution < -0.4 is 15.2 Å². The number of aromatic nitrogens is 3. The minimum atomic E-state index is -0.588. The van der Waals surface area contributed by atoms with Gasteiger partial charge in [-0.2, -0.15) is 5.10 Å². The number of amides is 2. The first kappa shape index (κ1) is 23.1. The van der Waals surface area contributed by atoms with E-state index in [1.165, 1.54) is 0 Å². The summed E-state index contributed by atoms with van der Waals surface area (Å²) >= 11 is 0. The van der Waals surface area contributed by atoms with Gasteiger partial charge in [0.15, 0.2) is 17.2 Å². The first-order valence-electron chi connectivity index (χ1n) is 11.6. The molecule has 9 heteroatoms. The van der Waals surface area contributed by atoms with Crippen LogP contribution in [0, 0.1) is 12.3 Å². The summed E-state index contributed by atoms with van der Waals surface area (Å²) in [7, 11) is 1.59. The monoisotopic (exact) mass is 483 g/mol. The van der Waals surface area contributed by atoms with Gasteiger partial charge in [0.1, 0.15) is 11.4 Å². The van der Waals surface area contributed by atoms with E-state index in [2.05, 4.69) is 16.0 Å². The fourth-order valence-corrected chi connectivity index (χ4v) is 4.68. The van der Waals surface area contributed by atoms with Crippen molar-refractivity contribution in [1.29, 1.82) is 0 Å². The van der Waals surface area contributed by atoms with Crippen LogP contribution in [0.25, 0.3) is 16.9 Å². The zero-order chi connectivity index (χ0) is 25.2. The van der Waals surface area contributed by atoms with E-state index in [1.54, 1.807) is 22.7 Å². The number of nitrogens with two attached hydrogens (primary N) is 1. The lowest BCUT2D eigenvalue weighted by Gasteiger charge is -2.30. The van der Waals surface area contributed by atoms with Crippen LogP contribution in [-0.2, 0) is 4.79 Å². The largest absolute Gasteiger partial charge is 0.493 e. The highest BCUT2D eigenvalue weighted by molar-refractivity contribution is 5.98. The van der Waals surface area contributed by atoms with Gasteiger partial charge in [-0.15, -0.1) is 6.42 Å². The first-order valence-corrected chi connectivity index (χ1v) is 11.6. The number of aromatic amines is 1. The molecule has 0 unspecified atom stereocenters. The lowest BCUT2D eigenvalue weighted by Crippen LogP contribution is -2.37. The van der Waals surface area contributed by atoms with Crippen molar-refractivity contribution in [2.75, 3.05) is 20.2 Å². The molecule has 0 spiro atoms. The lowest BCUT2D eigenvalue weighted by atomic mass is 9.91. The van der Waals surface area contributed by atoms with Crippen molar-refractivity contribution in [3.63, 3.8) is 0 Å². The Hall–Kier alpha value is -4.71. The third kappa shape index (κ3) is 4.14. The Bertz CT molecular complexity index is 1470. The lowest BCUT2D eigenvalue weighted by molar-refractivity contribution is -0.126. The van der Waals surface area contributed by atoms with Crippen LogP contribution in [0.3, 0.4) is 0 Å². The molecule has 0 radical (unpaired) electrons. The maximum absolute atomic E-state index is 12.4. The number of primary amides is 1. The van der Waals surface area contributed by atoms with E-state index in [9.17, 15) is 9.59 Å². The Labute approximate surface area is 207 Å². The molecule has 0 saturated carbocycles. The summed E-state index contributed by atoms with van der Waals surface area (Å²) in [6, 6.07) is 14.7. The zero-order valence-corrected chi connectivity index (χ0v) is 19.7. The normalized spacial score (nSPS) is 13.9. The number of ether oxygens (including phenoxy) is 2. The van der Waals surface area contributed by atoms with Crippen molar-refractivity contribution in [3.8, 4) is 40.8 Å². The average Bonchev–Trinajstić information content (AvgIpc) is 3.48. The van der Waals surface area contributed by atoms with Gasteiger partial charge in [-0.25, -0.2) is 4.52 Å². The number of hydrogen-bond acceptors (Lipinski definition) is 5. The van der Waals surface area contributed by atoms with E-state index < -0.39 is 5.91 Å². The summed E-state index contributed by atoms with van der Waals surface area (Å²) in [5.41, 5.74) is 9.07. The number of hydrogen-bond donors (Lipinski definition) is 2. The van der Waals surface area contributed by atoms with E-state index in [0.29, 0.717) is 36.0 Å². The van der Waals surface area contributed by atoms with Gasteiger partial charge in [0.25, 0.3) is 11.8 Å². The molecule has 0 aliphatic carbocycles. The van der Waals surface area contributed by atoms with Gasteiger partial charge < -0.3 is 25.1 Å². The average molecular weight is 484 g/mol. The van der Waals surface area contributed by atoms with Gasteiger partial charge in [0.2, 0.25) is 0 Å². The number of methoxy groups -OCH3 is 1. The van der Waals surface area contributed by atoms with Gasteiger partial charge in [0.05, 0.1) is 19.0 Å². The molecule has 2 amide bonds. The number of carbonyl (C=O) groups is 2. The Morgan fingerprint density at radius 2 is 1.81 bits per heavy atom. The van der Waals surface area contributed by atoms with Crippen LogP contribution in [0.15, 0.2) is 54.7 Å². The quantitative estimate of drug-likeness (QED) is 0.407. The Morgan fingerprint density at radius 3 is 2.44 bits per heavy atom. The number of likely N-dealkylation sites (tertiary alicyclic amines) is 1. The number of fused-ring (bicyclic) bond motifs is 1. The highest BCUT2D eigenvalue weighted by Crippen LogP contribution is 2.35. The number of carbonyl (C=O) groups excluding carboxylic acids is 2. The second-order valence-electron chi connectivity index (χ2n) is 8.56. The number of benzene rings is 2. The van der Waals surface area contributed by atoms with Gasteiger partial charge in [0, 0.05) is 24.2 Å². The minimum Gasteiger partial charge on any atom is -0.493 e. The molecular weight excluding hydrogens is 458 g/mol. The van der Waals surface area contributed by atoms with E-state index in [0.717, 1.165) is 29.6 Å². The Balaban J connectivity index is 1.43. The minimum absolute atomic E-state index is 0.174. The summed E-state index contributed by atoms with van der Waals surface area (Å²) in [6.45, 7) is 1.16. The number of piperidine rings is 1. The maximum atomic E-state index is 12.4. The first-order chi connectivity index (χ1) is 17.5. The second kappa shape index (κ2) is 9.50. The standard InChI is InChI=1S/C27H25N5O4/c1-3-23(33)31-14-12-17(13-15-31)20-16-29-32-25(26(28)34)24(30-27(20)32)18-8-10-19(11-9-18)36-22-7-5-4-6-21(22)35-2/h1,4-11,16-17,30H,12-15H2,2H3,(H2,28,34). The molecule has 36 heavy (non-hydrogen) atoms. The third-order valence-corrected chi connectivity index (χ3v) is 6.51. The van der Waals surface area contributed by atoms with Crippen LogP contribution in [0.2, 0.25) is 0 Å². The Kier molecular flexibility index (Phi) is 6.09. The summed E-state index contributed by atoms with van der Waals surface area (Å²) in [4.78, 5) is 29.3. The maximum Gasteiger partial charge on any atom is 0.298 e. The molecule has 5 rings (SSSR count). The highest BCUT2D eigenvalue weighted by atomic mass is 16.5. The molecule has 0 atom stereocenters. The molecule has 2 aromatic carbocycles. The molecule has 2 aromatic heterocycles. The highest BCUT2D eigenvalue weighted by Gasteiger charge is 2.28. The molecule has 1 saturated heterocycles. The number of rotatable bonds is 6. The van der Waals surface area contributed by atoms with Crippen molar-refractivity contribution in [1.82, 2.24) is 19.5 Å². The van der Waals surface area contributed by atoms with Crippen LogP contribution >= 0.6 is 0 Å². The molecule has 3 heterocycles. The predicted molar refractivity (Wildman–Crippen MR) is 134 cm³/mol. The summed E-state index contributed by atoms with van der Waals surface area (Å²) < 4.78 is 12.9. The van der Waals surface area contributed by atoms with Gasteiger partial charge in [-0.3, -0.25) is 9.59 Å². The SMILES string of the molecule is C#CC(=O)N1CCC(c2cnn3c(C(N)=O)c(-c4ccc(Oc5ccccc5OC)cc4)[nH]c23)CC1. The summed E-state index contributed by atoms with van der Waals surface area (Å²) in [6.07, 6.45) is 8.52. The fraction of sp³-hybridized carbons (Fsp3) is 0.222. The number of imidazole rings is 1. The van der Waals surface area contributed by atoms with Gasteiger partial charge in [-0.05, 0) is 61.1 Å². The van der Waals surface area contributed by atoms with Crippen LogP contribution in [0.5, 0.6) is 17.2 Å². The fourth-order valence-electron chi connectivity index (χ4n) is 4.68. The van der Waals surface area contributed by atoms with Crippen LogP contribution in [-0.4, -0.2) is 51.5 Å². The third-order valence-electron chi connectivity index (χ3n) is 6.51. The molecule has 3 N–H and O–H groups in total. The smallest absolute Gasteiger partial charge is 0.298 e. The molecule has 182 valence electrons. The molecule has 1 fully saturated rings. The molecule has 1 aliphatic rings. The van der Waals surface area contributed by atoms with E-state index >= 15 is 0 Å². The second-order valence-corrected chi connectivity index (χ2v) is 8.56. The molecule has 1 aliphatic heterocycles. The molecular formula is C27H25N5O4.